The Labute approximate surface area is 114 Å². The lowest BCUT2D eigenvalue weighted by Gasteiger charge is -2.49. The van der Waals surface area contributed by atoms with Gasteiger partial charge in [-0.05, 0) is 45.1 Å². The molecule has 18 heavy (non-hydrogen) atoms. The number of hydrogen-bond acceptors (Lipinski definition) is 2. The van der Waals surface area contributed by atoms with Gasteiger partial charge in [-0.1, -0.05) is 33.1 Å². The molecule has 1 saturated heterocycles. The first-order valence-corrected chi connectivity index (χ1v) is 8.17. The minimum absolute atomic E-state index is 0.348. The van der Waals surface area contributed by atoms with E-state index < -0.39 is 0 Å². The van der Waals surface area contributed by atoms with Crippen molar-refractivity contribution >= 4 is 0 Å². The zero-order valence-electron chi connectivity index (χ0n) is 12.7. The van der Waals surface area contributed by atoms with Crippen LogP contribution in [0.1, 0.15) is 65.7 Å². The second kappa shape index (κ2) is 6.38. The Balaban J connectivity index is 2.00. The molecule has 1 N–H and O–H groups in total. The van der Waals surface area contributed by atoms with Crippen LogP contribution in [-0.2, 0) is 0 Å². The van der Waals surface area contributed by atoms with Crippen molar-refractivity contribution in [3.8, 4) is 0 Å². The summed E-state index contributed by atoms with van der Waals surface area (Å²) in [6, 6.07) is 0.810. The van der Waals surface area contributed by atoms with Crippen LogP contribution in [-0.4, -0.2) is 36.1 Å². The standard InChI is InChI=1S/C16H32N2/c1-4-11-18-13-16(3,5-2)17-12-15(18)14-9-7-6-8-10-14/h14-15,17H,4-13H2,1-3H3. The molecule has 0 radical (unpaired) electrons. The SMILES string of the molecule is CCCN1CC(C)(CC)NCC1C1CCCCC1. The molecule has 1 heterocycles. The maximum absolute atomic E-state index is 3.84. The molecule has 1 aliphatic heterocycles. The van der Waals surface area contributed by atoms with E-state index in [1.54, 1.807) is 0 Å². The van der Waals surface area contributed by atoms with Crippen LogP contribution in [0, 0.1) is 5.92 Å². The average molecular weight is 252 g/mol. The zero-order chi connectivity index (χ0) is 13.0. The summed E-state index contributed by atoms with van der Waals surface area (Å²) < 4.78 is 0. The van der Waals surface area contributed by atoms with Gasteiger partial charge in [0.15, 0.2) is 0 Å². The quantitative estimate of drug-likeness (QED) is 0.825. The third-order valence-corrected chi connectivity index (χ3v) is 5.24. The average Bonchev–Trinajstić information content (AvgIpc) is 2.40. The first kappa shape index (κ1) is 14.3. The van der Waals surface area contributed by atoms with Crippen molar-refractivity contribution < 1.29 is 0 Å². The fraction of sp³-hybridized carbons (Fsp3) is 1.00. The topological polar surface area (TPSA) is 15.3 Å². The van der Waals surface area contributed by atoms with Gasteiger partial charge in [0.05, 0.1) is 0 Å². The molecular formula is C16H32N2. The Kier molecular flexibility index (Phi) is 5.08. The molecule has 0 spiro atoms. The Bertz CT molecular complexity index is 247. The largest absolute Gasteiger partial charge is 0.309 e. The first-order valence-electron chi connectivity index (χ1n) is 8.17. The number of rotatable bonds is 4. The maximum Gasteiger partial charge on any atom is 0.0278 e. The molecule has 0 bridgehead atoms. The van der Waals surface area contributed by atoms with Crippen LogP contribution in [0.15, 0.2) is 0 Å². The zero-order valence-corrected chi connectivity index (χ0v) is 12.7. The van der Waals surface area contributed by atoms with Crippen molar-refractivity contribution in [2.75, 3.05) is 19.6 Å². The van der Waals surface area contributed by atoms with Crippen molar-refractivity contribution in [1.29, 1.82) is 0 Å². The predicted octanol–water partition coefficient (Wildman–Crippen LogP) is 3.42. The van der Waals surface area contributed by atoms with E-state index in [4.69, 9.17) is 0 Å². The molecule has 2 unspecified atom stereocenters. The molecule has 0 aromatic rings. The molecule has 2 rings (SSSR count). The molecular weight excluding hydrogens is 220 g/mol. The fourth-order valence-corrected chi connectivity index (χ4v) is 3.85. The van der Waals surface area contributed by atoms with Gasteiger partial charge in [-0.15, -0.1) is 0 Å². The highest BCUT2D eigenvalue weighted by molar-refractivity contribution is 4.96. The van der Waals surface area contributed by atoms with Crippen molar-refractivity contribution in [3.05, 3.63) is 0 Å². The summed E-state index contributed by atoms with van der Waals surface area (Å²) in [5.41, 5.74) is 0.348. The molecule has 1 aliphatic carbocycles. The predicted molar refractivity (Wildman–Crippen MR) is 78.9 cm³/mol. The molecule has 0 aromatic heterocycles. The molecule has 2 aliphatic rings. The maximum atomic E-state index is 3.84. The van der Waals surface area contributed by atoms with E-state index in [0.717, 1.165) is 12.0 Å². The van der Waals surface area contributed by atoms with Crippen molar-refractivity contribution in [1.82, 2.24) is 10.2 Å². The summed E-state index contributed by atoms with van der Waals surface area (Å²) in [5.74, 6) is 0.958. The lowest BCUT2D eigenvalue weighted by atomic mass is 9.80. The molecule has 0 aromatic carbocycles. The minimum Gasteiger partial charge on any atom is -0.309 e. The van der Waals surface area contributed by atoms with Crippen LogP contribution in [0.4, 0.5) is 0 Å². The van der Waals surface area contributed by atoms with E-state index in [1.165, 1.54) is 64.6 Å². The monoisotopic (exact) mass is 252 g/mol. The summed E-state index contributed by atoms with van der Waals surface area (Å²) >= 11 is 0. The lowest BCUT2D eigenvalue weighted by molar-refractivity contribution is 0.0407. The third kappa shape index (κ3) is 3.27. The van der Waals surface area contributed by atoms with Crippen molar-refractivity contribution in [2.24, 2.45) is 5.92 Å². The van der Waals surface area contributed by atoms with Crippen molar-refractivity contribution in [2.45, 2.75) is 77.3 Å². The smallest absolute Gasteiger partial charge is 0.0278 e. The van der Waals surface area contributed by atoms with Gasteiger partial charge < -0.3 is 5.32 Å². The van der Waals surface area contributed by atoms with Crippen LogP contribution in [0.2, 0.25) is 0 Å². The van der Waals surface area contributed by atoms with E-state index in [0.29, 0.717) is 5.54 Å². The van der Waals surface area contributed by atoms with Crippen LogP contribution < -0.4 is 5.32 Å². The van der Waals surface area contributed by atoms with Crippen LogP contribution in [0.3, 0.4) is 0 Å². The molecule has 2 atom stereocenters. The number of hydrogen-bond donors (Lipinski definition) is 1. The second-order valence-corrected chi connectivity index (χ2v) is 6.73. The van der Waals surface area contributed by atoms with Gasteiger partial charge in [0.1, 0.15) is 0 Å². The molecule has 2 nitrogen and oxygen atoms in total. The lowest BCUT2D eigenvalue weighted by Crippen LogP contribution is -2.64. The van der Waals surface area contributed by atoms with Gasteiger partial charge in [-0.3, -0.25) is 4.90 Å². The van der Waals surface area contributed by atoms with E-state index in [9.17, 15) is 0 Å². The van der Waals surface area contributed by atoms with Crippen molar-refractivity contribution in [3.63, 3.8) is 0 Å². The summed E-state index contributed by atoms with van der Waals surface area (Å²) in [4.78, 5) is 2.80. The Morgan fingerprint density at radius 2 is 1.89 bits per heavy atom. The minimum atomic E-state index is 0.348. The summed E-state index contributed by atoms with van der Waals surface area (Å²) in [7, 11) is 0. The Hall–Kier alpha value is -0.0800. The van der Waals surface area contributed by atoms with Gasteiger partial charge >= 0.3 is 0 Å². The van der Waals surface area contributed by atoms with E-state index in [1.807, 2.05) is 0 Å². The Morgan fingerprint density at radius 1 is 1.17 bits per heavy atom. The van der Waals surface area contributed by atoms with Gasteiger partial charge in [0.2, 0.25) is 0 Å². The van der Waals surface area contributed by atoms with E-state index in [2.05, 4.69) is 31.0 Å². The molecule has 2 heteroatoms. The fourth-order valence-electron chi connectivity index (χ4n) is 3.85. The highest BCUT2D eigenvalue weighted by atomic mass is 15.3. The van der Waals surface area contributed by atoms with Gasteiger partial charge in [-0.2, -0.15) is 0 Å². The normalized spacial score (nSPS) is 35.8. The van der Waals surface area contributed by atoms with E-state index in [-0.39, 0.29) is 0 Å². The number of nitrogens with zero attached hydrogens (tertiary/aromatic N) is 1. The highest BCUT2D eigenvalue weighted by Gasteiger charge is 2.37. The number of piperazine rings is 1. The van der Waals surface area contributed by atoms with E-state index >= 15 is 0 Å². The van der Waals surface area contributed by atoms with Crippen LogP contribution >= 0.6 is 0 Å². The Morgan fingerprint density at radius 3 is 2.50 bits per heavy atom. The van der Waals surface area contributed by atoms with Crippen LogP contribution in [0.5, 0.6) is 0 Å². The molecule has 1 saturated carbocycles. The number of nitrogens with one attached hydrogen (secondary N) is 1. The molecule has 2 fully saturated rings. The highest BCUT2D eigenvalue weighted by Crippen LogP contribution is 2.32. The second-order valence-electron chi connectivity index (χ2n) is 6.73. The summed E-state index contributed by atoms with van der Waals surface area (Å²) in [5, 5.41) is 3.84. The third-order valence-electron chi connectivity index (χ3n) is 5.24. The molecule has 106 valence electrons. The van der Waals surface area contributed by atoms with Gasteiger partial charge in [0, 0.05) is 24.7 Å². The van der Waals surface area contributed by atoms with Crippen LogP contribution in [0.25, 0.3) is 0 Å². The summed E-state index contributed by atoms with van der Waals surface area (Å²) in [6.07, 6.45) is 9.87. The summed E-state index contributed by atoms with van der Waals surface area (Å²) in [6.45, 7) is 10.8. The van der Waals surface area contributed by atoms with Gasteiger partial charge in [0.25, 0.3) is 0 Å². The first-order chi connectivity index (χ1) is 8.68. The van der Waals surface area contributed by atoms with Gasteiger partial charge in [-0.25, -0.2) is 0 Å². The molecule has 0 amide bonds.